The van der Waals surface area contributed by atoms with Crippen LogP contribution in [-0.2, 0) is 4.74 Å². The number of nitrogens with one attached hydrogen (secondary N) is 1. The van der Waals surface area contributed by atoms with Gasteiger partial charge in [0.05, 0.1) is 13.2 Å². The second kappa shape index (κ2) is 6.74. The van der Waals surface area contributed by atoms with E-state index >= 15 is 0 Å². The topological polar surface area (TPSA) is 41.5 Å². The van der Waals surface area contributed by atoms with Crippen molar-refractivity contribution in [1.29, 1.82) is 0 Å². The van der Waals surface area contributed by atoms with E-state index in [4.69, 9.17) is 4.74 Å². The lowest BCUT2D eigenvalue weighted by Gasteiger charge is -2.27. The van der Waals surface area contributed by atoms with E-state index < -0.39 is 0 Å². The molecule has 0 aromatic rings. The molecule has 0 heterocycles. The lowest BCUT2D eigenvalue weighted by Crippen LogP contribution is -2.46. The minimum Gasteiger partial charge on any atom is -0.395 e. The number of rotatable bonds is 8. The highest BCUT2D eigenvalue weighted by Crippen LogP contribution is 2.33. The molecule has 90 valence electrons. The van der Waals surface area contributed by atoms with E-state index in [1.54, 1.807) is 18.9 Å². The van der Waals surface area contributed by atoms with Crippen molar-refractivity contribution in [1.82, 2.24) is 5.32 Å². The Morgan fingerprint density at radius 2 is 2.20 bits per heavy atom. The van der Waals surface area contributed by atoms with Crippen LogP contribution in [0.15, 0.2) is 0 Å². The molecule has 3 unspecified atom stereocenters. The molecule has 1 aliphatic rings. The molecule has 4 heteroatoms. The molecule has 0 aliphatic heterocycles. The van der Waals surface area contributed by atoms with Gasteiger partial charge in [-0.3, -0.25) is 0 Å². The van der Waals surface area contributed by atoms with Crippen LogP contribution in [0.1, 0.15) is 19.8 Å². The number of aliphatic hydroxyl groups is 1. The van der Waals surface area contributed by atoms with Crippen molar-refractivity contribution in [3.8, 4) is 0 Å². The molecular weight excluding hydrogens is 210 g/mol. The number of aliphatic hydroxyl groups excluding tert-OH is 1. The largest absolute Gasteiger partial charge is 0.395 e. The van der Waals surface area contributed by atoms with E-state index in [-0.39, 0.29) is 11.9 Å². The van der Waals surface area contributed by atoms with Gasteiger partial charge in [0, 0.05) is 24.4 Å². The first-order valence-corrected chi connectivity index (χ1v) is 6.90. The molecule has 15 heavy (non-hydrogen) atoms. The number of methoxy groups -OCH3 is 1. The minimum absolute atomic E-state index is 0.236. The Kier molecular flexibility index (Phi) is 5.97. The average molecular weight is 233 g/mol. The molecule has 3 atom stereocenters. The van der Waals surface area contributed by atoms with Gasteiger partial charge < -0.3 is 15.2 Å². The fourth-order valence-electron chi connectivity index (χ4n) is 1.88. The van der Waals surface area contributed by atoms with Gasteiger partial charge in [0.25, 0.3) is 0 Å². The van der Waals surface area contributed by atoms with Crippen LogP contribution in [-0.4, -0.2) is 49.0 Å². The van der Waals surface area contributed by atoms with Crippen molar-refractivity contribution in [3.05, 3.63) is 0 Å². The number of hydrogen-bond acceptors (Lipinski definition) is 4. The molecule has 0 radical (unpaired) electrons. The van der Waals surface area contributed by atoms with Crippen LogP contribution in [0.25, 0.3) is 0 Å². The molecule has 0 bridgehead atoms. The van der Waals surface area contributed by atoms with Crippen LogP contribution in [0.2, 0.25) is 0 Å². The minimum atomic E-state index is 0.236. The Morgan fingerprint density at radius 1 is 1.53 bits per heavy atom. The maximum atomic E-state index is 9.20. The summed E-state index contributed by atoms with van der Waals surface area (Å²) < 4.78 is 5.22. The van der Waals surface area contributed by atoms with E-state index in [2.05, 4.69) is 12.2 Å². The Morgan fingerprint density at radius 3 is 2.60 bits per heavy atom. The smallest absolute Gasteiger partial charge is 0.0618 e. The average Bonchev–Trinajstić information content (AvgIpc) is 3.02. The lowest BCUT2D eigenvalue weighted by atomic mass is 10.1. The monoisotopic (exact) mass is 233 g/mol. The molecule has 3 nitrogen and oxygen atoms in total. The zero-order valence-corrected chi connectivity index (χ0v) is 10.7. The summed E-state index contributed by atoms with van der Waals surface area (Å²) in [6, 6.07) is 0.803. The highest BCUT2D eigenvalue weighted by atomic mass is 32.2. The van der Waals surface area contributed by atoms with Crippen LogP contribution in [0.4, 0.5) is 0 Å². The fraction of sp³-hybridized carbons (Fsp3) is 1.00. The third kappa shape index (κ3) is 4.31. The van der Waals surface area contributed by atoms with Gasteiger partial charge in [0.2, 0.25) is 0 Å². The van der Waals surface area contributed by atoms with Crippen LogP contribution >= 0.6 is 11.8 Å². The third-order valence-corrected chi connectivity index (χ3v) is 4.22. The van der Waals surface area contributed by atoms with Gasteiger partial charge in [0.1, 0.15) is 0 Å². The molecule has 1 rings (SSSR count). The molecule has 2 N–H and O–H groups in total. The Bertz CT molecular complexity index is 172. The van der Waals surface area contributed by atoms with E-state index in [1.807, 2.05) is 6.26 Å². The molecule has 1 aliphatic carbocycles. The Hall–Kier alpha value is 0.230. The molecule has 0 amide bonds. The summed E-state index contributed by atoms with van der Waals surface area (Å²) in [7, 11) is 1.75. The van der Waals surface area contributed by atoms with Gasteiger partial charge >= 0.3 is 0 Å². The third-order valence-electron chi connectivity index (χ3n) is 3.05. The number of ether oxygens (including phenoxy) is 1. The normalized spacial score (nSPS) is 22.4. The fourth-order valence-corrected chi connectivity index (χ4v) is 2.52. The SMILES string of the molecule is COCC(NC(C)C(CO)SC)C1CC1. The molecule has 0 aromatic carbocycles. The van der Waals surface area contributed by atoms with Gasteiger partial charge in [-0.05, 0) is 31.9 Å². The summed E-state index contributed by atoms with van der Waals surface area (Å²) in [6.07, 6.45) is 4.68. The van der Waals surface area contributed by atoms with Gasteiger partial charge in [-0.15, -0.1) is 0 Å². The van der Waals surface area contributed by atoms with Crippen LogP contribution in [0, 0.1) is 5.92 Å². The van der Waals surface area contributed by atoms with Crippen molar-refractivity contribution in [2.45, 2.75) is 37.1 Å². The summed E-state index contributed by atoms with van der Waals surface area (Å²) in [5, 5.41) is 13.1. The predicted molar refractivity (Wildman–Crippen MR) is 65.4 cm³/mol. The first kappa shape index (κ1) is 13.3. The standard InChI is InChI=1S/C11H23NO2S/c1-8(11(6-13)15-3)12-10(7-14-2)9-4-5-9/h8-13H,4-7H2,1-3H3. The molecule has 1 fully saturated rings. The van der Waals surface area contributed by atoms with E-state index in [0.29, 0.717) is 12.1 Å². The predicted octanol–water partition coefficient (Wildman–Crippen LogP) is 1.11. The Balaban J connectivity index is 2.34. The summed E-state index contributed by atoms with van der Waals surface area (Å²) in [5.74, 6) is 0.786. The Labute approximate surface area is 97.0 Å². The summed E-state index contributed by atoms with van der Waals surface area (Å²) in [5.41, 5.74) is 0. The summed E-state index contributed by atoms with van der Waals surface area (Å²) in [6.45, 7) is 3.16. The second-order valence-electron chi connectivity index (χ2n) is 4.31. The second-order valence-corrected chi connectivity index (χ2v) is 5.39. The molecule has 1 saturated carbocycles. The summed E-state index contributed by atoms with van der Waals surface area (Å²) >= 11 is 1.72. The molecule has 0 spiro atoms. The van der Waals surface area contributed by atoms with Gasteiger partial charge in [0.15, 0.2) is 0 Å². The van der Waals surface area contributed by atoms with E-state index in [1.165, 1.54) is 12.8 Å². The van der Waals surface area contributed by atoms with E-state index in [0.717, 1.165) is 12.5 Å². The highest BCUT2D eigenvalue weighted by Gasteiger charge is 2.32. The van der Waals surface area contributed by atoms with Crippen molar-refractivity contribution in [2.24, 2.45) is 5.92 Å². The van der Waals surface area contributed by atoms with Gasteiger partial charge in [-0.1, -0.05) is 0 Å². The maximum Gasteiger partial charge on any atom is 0.0618 e. The van der Waals surface area contributed by atoms with Gasteiger partial charge in [-0.2, -0.15) is 11.8 Å². The highest BCUT2D eigenvalue weighted by molar-refractivity contribution is 7.99. The van der Waals surface area contributed by atoms with Gasteiger partial charge in [-0.25, -0.2) is 0 Å². The van der Waals surface area contributed by atoms with Crippen LogP contribution in [0.5, 0.6) is 0 Å². The van der Waals surface area contributed by atoms with Crippen molar-refractivity contribution in [2.75, 3.05) is 26.6 Å². The summed E-state index contributed by atoms with van der Waals surface area (Å²) in [4.78, 5) is 0. The quantitative estimate of drug-likeness (QED) is 0.659. The molecule has 0 aromatic heterocycles. The maximum absolute atomic E-state index is 9.20. The first-order chi connectivity index (χ1) is 7.22. The van der Waals surface area contributed by atoms with Crippen molar-refractivity contribution in [3.63, 3.8) is 0 Å². The number of thioether (sulfide) groups is 1. The van der Waals surface area contributed by atoms with Crippen molar-refractivity contribution >= 4 is 11.8 Å². The zero-order chi connectivity index (χ0) is 11.3. The molecule has 0 saturated heterocycles. The lowest BCUT2D eigenvalue weighted by molar-refractivity contribution is 0.149. The molecular formula is C11H23NO2S. The van der Waals surface area contributed by atoms with E-state index in [9.17, 15) is 5.11 Å². The number of hydrogen-bond donors (Lipinski definition) is 2. The van der Waals surface area contributed by atoms with Crippen molar-refractivity contribution < 1.29 is 9.84 Å². The zero-order valence-electron chi connectivity index (χ0n) is 9.90. The first-order valence-electron chi connectivity index (χ1n) is 5.61. The van der Waals surface area contributed by atoms with Crippen LogP contribution < -0.4 is 5.32 Å². The van der Waals surface area contributed by atoms with Crippen LogP contribution in [0.3, 0.4) is 0 Å².